The van der Waals surface area contributed by atoms with E-state index in [0.29, 0.717) is 24.7 Å². The molecule has 3 atom stereocenters. The molecule has 2 aliphatic rings. The highest BCUT2D eigenvalue weighted by molar-refractivity contribution is 5.93. The van der Waals surface area contributed by atoms with Crippen molar-refractivity contribution in [2.45, 2.75) is 77.9 Å². The Bertz CT molecular complexity index is 2350. The lowest BCUT2D eigenvalue weighted by Crippen LogP contribution is -2.51. The fraction of sp³-hybridized carbons (Fsp3) is 0.409. The molecule has 2 aliphatic heterocycles. The molecule has 7 rings (SSSR count). The van der Waals surface area contributed by atoms with E-state index in [4.69, 9.17) is 9.47 Å². The van der Waals surface area contributed by atoms with Gasteiger partial charge >= 0.3 is 12.2 Å². The molecule has 310 valence electrons. The van der Waals surface area contributed by atoms with Crippen LogP contribution in [0.3, 0.4) is 0 Å². The van der Waals surface area contributed by atoms with Crippen LogP contribution in [0, 0.1) is 5.92 Å². The first-order valence-corrected chi connectivity index (χ1v) is 20.3. The molecule has 4 N–H and O–H groups in total. The summed E-state index contributed by atoms with van der Waals surface area (Å²) in [5.74, 6) is 2.57. The van der Waals surface area contributed by atoms with E-state index < -0.39 is 18.2 Å². The van der Waals surface area contributed by atoms with Gasteiger partial charge < -0.3 is 44.6 Å². The van der Waals surface area contributed by atoms with Crippen LogP contribution in [0.2, 0.25) is 0 Å². The van der Waals surface area contributed by atoms with Crippen LogP contribution < -0.4 is 15.4 Å². The first kappa shape index (κ1) is 40.8. The number of nitrogens with zero attached hydrogens (tertiary/aromatic N) is 4. The van der Waals surface area contributed by atoms with Crippen LogP contribution in [0.25, 0.3) is 33.3 Å². The summed E-state index contributed by atoms with van der Waals surface area (Å²) in [4.78, 5) is 69.6. The monoisotopic (exact) mass is 804 g/mol. The van der Waals surface area contributed by atoms with Gasteiger partial charge in [0, 0.05) is 41.3 Å². The molecular formula is C44H52N8O7. The second-order valence-corrected chi connectivity index (χ2v) is 15.4. The summed E-state index contributed by atoms with van der Waals surface area (Å²) in [5, 5.41) is 7.34. The molecule has 3 aromatic carbocycles. The second kappa shape index (κ2) is 17.6. The van der Waals surface area contributed by atoms with Crippen molar-refractivity contribution in [2.24, 2.45) is 5.92 Å². The highest BCUT2D eigenvalue weighted by atomic mass is 16.5. The van der Waals surface area contributed by atoms with Crippen LogP contribution in [-0.2, 0) is 25.6 Å². The molecule has 15 heteroatoms. The lowest BCUT2D eigenvalue weighted by Gasteiger charge is -2.29. The smallest absolute Gasteiger partial charge is 0.407 e. The van der Waals surface area contributed by atoms with Crippen molar-refractivity contribution in [2.75, 3.05) is 33.9 Å². The number of ether oxygens (including phenoxy) is 3. The number of aromatic amines is 2. The molecule has 0 spiro atoms. The number of aromatic nitrogens is 4. The fourth-order valence-corrected chi connectivity index (χ4v) is 8.25. The average Bonchev–Trinajstić information content (AvgIpc) is 4.05. The Morgan fingerprint density at radius 3 is 2.42 bits per heavy atom. The number of amides is 4. The van der Waals surface area contributed by atoms with Crippen molar-refractivity contribution < 1.29 is 33.4 Å². The maximum atomic E-state index is 13.6. The highest BCUT2D eigenvalue weighted by Gasteiger charge is 2.33. The molecule has 59 heavy (non-hydrogen) atoms. The number of carbonyl (C=O) groups is 4. The van der Waals surface area contributed by atoms with Crippen molar-refractivity contribution >= 4 is 34.8 Å². The quantitative estimate of drug-likeness (QED) is 0.0942. The molecule has 1 fully saturated rings. The molecule has 0 bridgehead atoms. The van der Waals surface area contributed by atoms with Gasteiger partial charge in [-0.1, -0.05) is 58.0 Å². The number of hydrogen-bond acceptors (Lipinski definition) is 9. The molecule has 0 radical (unpaired) electrons. The highest BCUT2D eigenvalue weighted by Crippen LogP contribution is 2.49. The van der Waals surface area contributed by atoms with Crippen LogP contribution in [0.5, 0.6) is 11.5 Å². The number of nitrogens with one attached hydrogen (secondary N) is 4. The lowest BCUT2D eigenvalue weighted by molar-refractivity contribution is -0.135. The predicted octanol–water partition coefficient (Wildman–Crippen LogP) is 7.41. The Morgan fingerprint density at radius 2 is 1.68 bits per heavy atom. The number of hydrogen-bond donors (Lipinski definition) is 4. The second-order valence-electron chi connectivity index (χ2n) is 15.4. The zero-order chi connectivity index (χ0) is 41.8. The first-order chi connectivity index (χ1) is 28.5. The topological polar surface area (TPSA) is 184 Å². The molecule has 15 nitrogen and oxygen atoms in total. The van der Waals surface area contributed by atoms with Gasteiger partial charge in [-0.05, 0) is 60.6 Å². The number of imidazole rings is 2. The van der Waals surface area contributed by atoms with E-state index >= 15 is 0 Å². The number of likely N-dealkylation sites (tertiary alicyclic amines) is 1. The minimum Gasteiger partial charge on any atom is -0.457 e. The third-order valence-electron chi connectivity index (χ3n) is 11.2. The van der Waals surface area contributed by atoms with E-state index in [1.807, 2.05) is 32.9 Å². The Labute approximate surface area is 343 Å². The Kier molecular flexibility index (Phi) is 12.2. The Balaban J connectivity index is 1.08. The maximum absolute atomic E-state index is 13.6. The minimum absolute atomic E-state index is 0.107. The van der Waals surface area contributed by atoms with Crippen molar-refractivity contribution in [3.63, 3.8) is 0 Å². The third kappa shape index (κ3) is 8.45. The minimum atomic E-state index is -0.720. The summed E-state index contributed by atoms with van der Waals surface area (Å²) in [6.07, 6.45) is 5.54. The zero-order valence-electron chi connectivity index (χ0n) is 34.4. The van der Waals surface area contributed by atoms with Gasteiger partial charge in [0.2, 0.25) is 11.8 Å². The van der Waals surface area contributed by atoms with E-state index in [0.717, 1.165) is 81.6 Å². The van der Waals surface area contributed by atoms with Crippen molar-refractivity contribution in [3.05, 3.63) is 83.7 Å². The van der Waals surface area contributed by atoms with Gasteiger partial charge in [0.25, 0.3) is 0 Å². The van der Waals surface area contributed by atoms with Crippen LogP contribution in [0.15, 0.2) is 60.9 Å². The van der Waals surface area contributed by atoms with E-state index in [2.05, 4.69) is 78.6 Å². The third-order valence-corrected chi connectivity index (χ3v) is 11.2. The number of benzene rings is 3. The largest absolute Gasteiger partial charge is 0.457 e. The van der Waals surface area contributed by atoms with Gasteiger partial charge in [-0.15, -0.1) is 0 Å². The van der Waals surface area contributed by atoms with Gasteiger partial charge in [-0.2, -0.15) is 0 Å². The van der Waals surface area contributed by atoms with Gasteiger partial charge in [-0.25, -0.2) is 19.6 Å². The first-order valence-electron chi connectivity index (χ1n) is 20.3. The Hall–Kier alpha value is -6.38. The molecule has 4 heterocycles. The molecule has 4 amide bonds. The standard InChI is InChI=1S/C44H52N8O7/c1-7-17-51(42(54)40(25(3)4)50-44(56)58-6)24-37-45-21-32(48-37)27-11-14-30-26(19-27)13-16-35-39(30)29(8-2)31-15-12-28(20-36(31)59-35)33-22-46-41(49-33)34-10-9-18-52(34)38(53)23-47-43(55)57-5/h11-16,19-22,25,29,34,40H,7-10,17-18,23-24H2,1-6H3,(H,45,48)(H,46,49)(H,47,55)(H,50,56)/t29?,34-,40?/m0/s1. The lowest BCUT2D eigenvalue weighted by atomic mass is 9.82. The fourth-order valence-electron chi connectivity index (χ4n) is 8.25. The molecule has 2 unspecified atom stereocenters. The van der Waals surface area contributed by atoms with Crippen LogP contribution in [0.4, 0.5) is 9.59 Å². The SMILES string of the molecule is CCCN(Cc1ncc(-c2ccc3c4c(ccc3c2)Oc2cc(-c3cnc([C@@H]5CCCN5C(=O)CNC(=O)OC)[nH]3)ccc2C4CC)[nH]1)C(=O)C(NC(=O)OC)C(C)C. The van der Waals surface area contributed by atoms with Crippen molar-refractivity contribution in [1.29, 1.82) is 0 Å². The number of H-pyrrole nitrogens is 2. The van der Waals surface area contributed by atoms with Crippen LogP contribution in [0.1, 0.15) is 88.1 Å². The van der Waals surface area contributed by atoms with Crippen molar-refractivity contribution in [1.82, 2.24) is 40.4 Å². The number of methoxy groups -OCH3 is 2. The summed E-state index contributed by atoms with van der Waals surface area (Å²) in [5.41, 5.74) is 5.80. The van der Waals surface area contributed by atoms with E-state index in [-0.39, 0.29) is 42.8 Å². The summed E-state index contributed by atoms with van der Waals surface area (Å²) in [6, 6.07) is 15.8. The van der Waals surface area contributed by atoms with Crippen LogP contribution in [-0.4, -0.2) is 93.6 Å². The Morgan fingerprint density at radius 1 is 0.932 bits per heavy atom. The van der Waals surface area contributed by atoms with Gasteiger partial charge in [0.05, 0.1) is 50.6 Å². The molecule has 0 saturated carbocycles. The molecule has 5 aromatic rings. The van der Waals surface area contributed by atoms with E-state index in [1.54, 1.807) is 22.2 Å². The van der Waals surface area contributed by atoms with Crippen molar-refractivity contribution in [3.8, 4) is 34.0 Å². The zero-order valence-corrected chi connectivity index (χ0v) is 34.4. The normalized spacial score (nSPS) is 16.2. The number of rotatable bonds is 13. The van der Waals surface area contributed by atoms with Gasteiger partial charge in [0.15, 0.2) is 0 Å². The summed E-state index contributed by atoms with van der Waals surface area (Å²) in [6.45, 7) is 9.22. The summed E-state index contributed by atoms with van der Waals surface area (Å²) in [7, 11) is 2.55. The number of alkyl carbamates (subject to hydrolysis) is 2. The number of carbonyl (C=O) groups excluding carboxylic acids is 4. The van der Waals surface area contributed by atoms with E-state index in [9.17, 15) is 19.2 Å². The molecular weight excluding hydrogens is 753 g/mol. The molecule has 2 aromatic heterocycles. The average molecular weight is 805 g/mol. The van der Waals surface area contributed by atoms with Gasteiger partial charge in [-0.3, -0.25) is 9.59 Å². The van der Waals surface area contributed by atoms with Crippen LogP contribution >= 0.6 is 0 Å². The van der Waals surface area contributed by atoms with Gasteiger partial charge in [0.1, 0.15) is 35.7 Å². The predicted molar refractivity (Wildman–Crippen MR) is 222 cm³/mol. The molecule has 1 saturated heterocycles. The number of fused-ring (bicyclic) bond motifs is 4. The maximum Gasteiger partial charge on any atom is 0.407 e. The summed E-state index contributed by atoms with van der Waals surface area (Å²) < 4.78 is 16.0. The summed E-state index contributed by atoms with van der Waals surface area (Å²) >= 11 is 0. The van der Waals surface area contributed by atoms with E-state index in [1.165, 1.54) is 14.2 Å². The molecule has 0 aliphatic carbocycles.